The average Bonchev–Trinajstić information content (AvgIpc) is 2.56. The van der Waals surface area contributed by atoms with E-state index < -0.39 is 23.1 Å². The monoisotopic (exact) mass is 358 g/mol. The van der Waals surface area contributed by atoms with Crippen molar-refractivity contribution in [2.24, 2.45) is 0 Å². The van der Waals surface area contributed by atoms with Gasteiger partial charge in [-0.2, -0.15) is 0 Å². The molecule has 0 amide bonds. The van der Waals surface area contributed by atoms with E-state index in [1.54, 1.807) is 0 Å². The van der Waals surface area contributed by atoms with Crippen LogP contribution in [0.25, 0.3) is 21.5 Å². The minimum absolute atomic E-state index is 0.581. The molecule has 1 aliphatic carbocycles. The molecular formula is C18H15BrO3. The number of hydrogen-bond acceptors (Lipinski definition) is 3. The van der Waals surface area contributed by atoms with Crippen molar-refractivity contribution in [2.45, 2.75) is 23.1 Å². The molecule has 0 saturated heterocycles. The number of hydrogen-bond donors (Lipinski definition) is 3. The largest absolute Gasteiger partial charge is 0.389 e. The maximum Gasteiger partial charge on any atom is 0.106 e. The smallest absolute Gasteiger partial charge is 0.106 e. The summed E-state index contributed by atoms with van der Waals surface area (Å²) in [6.07, 6.45) is -2.88. The Hall–Kier alpha value is -1.46. The molecule has 0 bridgehead atoms. The van der Waals surface area contributed by atoms with Gasteiger partial charge in [0.1, 0.15) is 6.10 Å². The molecule has 3 N–H and O–H groups in total. The lowest BCUT2D eigenvalue weighted by molar-refractivity contribution is -0.0210. The van der Waals surface area contributed by atoms with Crippen molar-refractivity contribution in [1.29, 1.82) is 0 Å². The maximum atomic E-state index is 10.4. The first-order valence-corrected chi connectivity index (χ1v) is 8.13. The summed E-state index contributed by atoms with van der Waals surface area (Å²) in [4.78, 5) is -0.581. The highest BCUT2D eigenvalue weighted by Crippen LogP contribution is 2.42. The van der Waals surface area contributed by atoms with E-state index >= 15 is 0 Å². The lowest BCUT2D eigenvalue weighted by Gasteiger charge is -2.34. The molecule has 0 aliphatic heterocycles. The van der Waals surface area contributed by atoms with Crippen LogP contribution in [0.15, 0.2) is 48.5 Å². The molecular weight excluding hydrogens is 344 g/mol. The fourth-order valence-corrected chi connectivity index (χ4v) is 3.89. The molecule has 3 aromatic rings. The van der Waals surface area contributed by atoms with E-state index in [0.29, 0.717) is 11.1 Å². The van der Waals surface area contributed by atoms with Crippen molar-refractivity contribution in [3.63, 3.8) is 0 Å². The number of fused-ring (bicyclic) bond motifs is 4. The molecule has 4 heteroatoms. The molecule has 3 aromatic carbocycles. The maximum absolute atomic E-state index is 10.4. The van der Waals surface area contributed by atoms with Crippen molar-refractivity contribution in [3.05, 3.63) is 59.7 Å². The molecule has 0 fully saturated rings. The lowest BCUT2D eigenvalue weighted by Crippen LogP contribution is -2.38. The first kappa shape index (κ1) is 14.2. The Kier molecular flexibility index (Phi) is 3.24. The summed E-state index contributed by atoms with van der Waals surface area (Å²) in [5.74, 6) is 0. The zero-order valence-electron chi connectivity index (χ0n) is 11.6. The van der Waals surface area contributed by atoms with Crippen LogP contribution in [0.5, 0.6) is 0 Å². The average molecular weight is 359 g/mol. The van der Waals surface area contributed by atoms with Crippen LogP contribution in [-0.4, -0.2) is 26.3 Å². The van der Waals surface area contributed by atoms with Crippen LogP contribution in [-0.2, 0) is 0 Å². The van der Waals surface area contributed by atoms with Gasteiger partial charge in [0.05, 0.1) is 17.0 Å². The predicted molar refractivity (Wildman–Crippen MR) is 90.1 cm³/mol. The van der Waals surface area contributed by atoms with Crippen LogP contribution in [0.1, 0.15) is 23.3 Å². The van der Waals surface area contributed by atoms with Crippen LogP contribution in [0.3, 0.4) is 0 Å². The summed E-state index contributed by atoms with van der Waals surface area (Å²) in [7, 11) is 0. The third-order valence-corrected chi connectivity index (χ3v) is 5.58. The van der Waals surface area contributed by atoms with E-state index in [-0.39, 0.29) is 0 Å². The molecule has 4 atom stereocenters. The summed E-state index contributed by atoms with van der Waals surface area (Å²) in [5.41, 5.74) is 1.27. The number of aliphatic hydroxyl groups is 3. The zero-order chi connectivity index (χ0) is 15.4. The van der Waals surface area contributed by atoms with Crippen molar-refractivity contribution in [1.82, 2.24) is 0 Å². The van der Waals surface area contributed by atoms with Gasteiger partial charge in [-0.1, -0.05) is 52.3 Å². The lowest BCUT2D eigenvalue weighted by atomic mass is 9.83. The molecule has 22 heavy (non-hydrogen) atoms. The first-order valence-electron chi connectivity index (χ1n) is 7.21. The predicted octanol–water partition coefficient (Wildman–Crippen LogP) is 3.20. The number of halogens is 1. The molecule has 3 nitrogen and oxygen atoms in total. The van der Waals surface area contributed by atoms with E-state index in [4.69, 9.17) is 0 Å². The van der Waals surface area contributed by atoms with Crippen molar-refractivity contribution in [2.75, 3.05) is 0 Å². The fourth-order valence-electron chi connectivity index (χ4n) is 3.32. The summed E-state index contributed by atoms with van der Waals surface area (Å²) in [6.45, 7) is 0. The van der Waals surface area contributed by atoms with Crippen LogP contribution >= 0.6 is 15.9 Å². The molecule has 1 aliphatic rings. The van der Waals surface area contributed by atoms with E-state index in [2.05, 4.69) is 28.1 Å². The van der Waals surface area contributed by atoms with Crippen LogP contribution < -0.4 is 0 Å². The number of rotatable bonds is 0. The Morgan fingerprint density at radius 2 is 1.41 bits per heavy atom. The summed E-state index contributed by atoms with van der Waals surface area (Å²) >= 11 is 3.28. The van der Waals surface area contributed by atoms with Crippen LogP contribution in [0.4, 0.5) is 0 Å². The number of benzene rings is 3. The van der Waals surface area contributed by atoms with Gasteiger partial charge in [0.2, 0.25) is 0 Å². The third-order valence-electron chi connectivity index (χ3n) is 4.54. The summed E-state index contributed by atoms with van der Waals surface area (Å²) < 4.78 is 0. The van der Waals surface area contributed by atoms with Gasteiger partial charge in [0.15, 0.2) is 0 Å². The van der Waals surface area contributed by atoms with Gasteiger partial charge < -0.3 is 15.3 Å². The van der Waals surface area contributed by atoms with Crippen LogP contribution in [0.2, 0.25) is 0 Å². The quantitative estimate of drug-likeness (QED) is 0.427. The molecule has 0 saturated carbocycles. The molecule has 0 spiro atoms. The zero-order valence-corrected chi connectivity index (χ0v) is 13.2. The normalized spacial score (nSPS) is 28.0. The van der Waals surface area contributed by atoms with E-state index in [9.17, 15) is 15.3 Å². The second-order valence-electron chi connectivity index (χ2n) is 5.81. The minimum atomic E-state index is -1.03. The third kappa shape index (κ3) is 1.92. The minimum Gasteiger partial charge on any atom is -0.389 e. The van der Waals surface area contributed by atoms with Gasteiger partial charge in [0, 0.05) is 0 Å². The number of aliphatic hydroxyl groups excluding tert-OH is 3. The molecule has 0 aromatic heterocycles. The SMILES string of the molecule is OC1c2cc3ccc4ccccc4c3cc2C(O)C(Br)C1O. The van der Waals surface area contributed by atoms with Gasteiger partial charge in [-0.25, -0.2) is 0 Å². The fraction of sp³-hybridized carbons (Fsp3) is 0.222. The van der Waals surface area contributed by atoms with Crippen LogP contribution in [0, 0.1) is 0 Å². The van der Waals surface area contributed by atoms with Gasteiger partial charge in [0.25, 0.3) is 0 Å². The van der Waals surface area contributed by atoms with Gasteiger partial charge in [-0.15, -0.1) is 0 Å². The van der Waals surface area contributed by atoms with E-state index in [0.717, 1.165) is 21.5 Å². The molecule has 112 valence electrons. The molecule has 0 radical (unpaired) electrons. The van der Waals surface area contributed by atoms with Gasteiger partial charge in [-0.05, 0) is 44.8 Å². The Balaban J connectivity index is 2.06. The Bertz CT molecular complexity index is 877. The topological polar surface area (TPSA) is 60.7 Å². The second-order valence-corrected chi connectivity index (χ2v) is 6.87. The highest BCUT2D eigenvalue weighted by Gasteiger charge is 2.39. The summed E-state index contributed by atoms with van der Waals surface area (Å²) in [5, 5.41) is 35.1. The van der Waals surface area contributed by atoms with Crippen molar-refractivity contribution >= 4 is 37.5 Å². The van der Waals surface area contributed by atoms with E-state index in [1.807, 2.05) is 36.4 Å². The first-order chi connectivity index (χ1) is 10.6. The molecule has 4 rings (SSSR count). The van der Waals surface area contributed by atoms with Crippen molar-refractivity contribution in [3.8, 4) is 0 Å². The molecule has 4 unspecified atom stereocenters. The number of alkyl halides is 1. The Labute approximate surface area is 135 Å². The summed E-state index contributed by atoms with van der Waals surface area (Å²) in [6, 6.07) is 15.9. The standard InChI is InChI=1S/C18H15BrO3/c19-15-16(20)14-8-12-10(7-13(14)17(21)18(15)22)6-5-9-3-1-2-4-11(9)12/h1-8,15-18,20-22H. The highest BCUT2D eigenvalue weighted by molar-refractivity contribution is 9.09. The Morgan fingerprint density at radius 1 is 0.727 bits per heavy atom. The van der Waals surface area contributed by atoms with Gasteiger partial charge >= 0.3 is 0 Å². The highest BCUT2D eigenvalue weighted by atomic mass is 79.9. The van der Waals surface area contributed by atoms with Gasteiger partial charge in [-0.3, -0.25) is 0 Å². The van der Waals surface area contributed by atoms with E-state index in [1.165, 1.54) is 0 Å². The van der Waals surface area contributed by atoms with Crippen molar-refractivity contribution < 1.29 is 15.3 Å². The Morgan fingerprint density at radius 3 is 2.23 bits per heavy atom. The second kappa shape index (κ2) is 5.03. The molecule has 0 heterocycles.